The lowest BCUT2D eigenvalue weighted by Crippen LogP contribution is -2.53. The second-order valence-electron chi connectivity index (χ2n) is 8.88. The molecule has 0 fully saturated rings. The molecule has 0 spiro atoms. The molecule has 41 heavy (non-hydrogen) atoms. The number of aliphatic carboxylic acids is 1. The van der Waals surface area contributed by atoms with Gasteiger partial charge in [-0.05, 0) is 24.0 Å². The van der Waals surface area contributed by atoms with Crippen LogP contribution < -0.4 is 32.3 Å². The summed E-state index contributed by atoms with van der Waals surface area (Å²) in [6.45, 7) is -0.704. The van der Waals surface area contributed by atoms with Crippen molar-refractivity contribution in [2.75, 3.05) is 19.6 Å². The number of benzene rings is 2. The molecule has 220 valence electrons. The maximum Gasteiger partial charge on any atom is 0.407 e. The van der Waals surface area contributed by atoms with Crippen LogP contribution in [0.5, 0.6) is 0 Å². The van der Waals surface area contributed by atoms with Crippen LogP contribution in [0.25, 0.3) is 0 Å². The highest BCUT2D eigenvalue weighted by Gasteiger charge is 2.24. The number of nitrogens with two attached hydrogens (primary N) is 1. The zero-order valence-corrected chi connectivity index (χ0v) is 22.4. The molecule has 0 aliphatic carbocycles. The van der Waals surface area contributed by atoms with Gasteiger partial charge in [0.1, 0.15) is 25.2 Å². The van der Waals surface area contributed by atoms with Gasteiger partial charge in [0.05, 0.1) is 6.54 Å². The van der Waals surface area contributed by atoms with Crippen molar-refractivity contribution in [3.05, 3.63) is 71.8 Å². The molecule has 2 aromatic carbocycles. The first kappa shape index (κ1) is 32.1. The quantitative estimate of drug-likeness (QED) is 0.0746. The number of nitrogens with one attached hydrogen (secondary N) is 6. The third-order valence-electron chi connectivity index (χ3n) is 5.58. The van der Waals surface area contributed by atoms with E-state index in [1.54, 1.807) is 54.6 Å². The Kier molecular flexibility index (Phi) is 13.6. The predicted octanol–water partition coefficient (Wildman–Crippen LogP) is -0.411. The van der Waals surface area contributed by atoms with E-state index in [2.05, 4.69) is 26.6 Å². The SMILES string of the molecule is N=C(N)NCCCC(NC(=O)CNC(=O)C(Cc1ccccc1)NC(=O)CNC(=O)OCc1ccccc1)C(=O)O. The molecule has 2 aromatic rings. The Labute approximate surface area is 236 Å². The second-order valence-corrected chi connectivity index (χ2v) is 8.88. The van der Waals surface area contributed by atoms with Gasteiger partial charge in [0.25, 0.3) is 0 Å². The van der Waals surface area contributed by atoms with Crippen molar-refractivity contribution in [3.63, 3.8) is 0 Å². The molecule has 4 amide bonds. The largest absolute Gasteiger partial charge is 0.480 e. The molecule has 2 atom stereocenters. The minimum absolute atomic E-state index is 0.0213. The number of carbonyl (C=O) groups is 5. The standard InChI is InChI=1S/C27H35N7O7/c28-26(29)30-13-7-12-20(25(38)39)33-22(35)15-31-24(37)21(14-18-8-3-1-4-9-18)34-23(36)16-32-27(40)41-17-19-10-5-2-6-11-19/h1-6,8-11,20-21H,7,12-17H2,(H,31,37)(H,32,40)(H,33,35)(H,34,36)(H,38,39)(H4,28,29,30). The summed E-state index contributed by atoms with van der Waals surface area (Å²) in [6.07, 6.45) is -0.320. The van der Waals surface area contributed by atoms with Gasteiger partial charge in [-0.1, -0.05) is 60.7 Å². The van der Waals surface area contributed by atoms with Gasteiger partial charge in [0, 0.05) is 13.0 Å². The van der Waals surface area contributed by atoms with Crippen molar-refractivity contribution >= 4 is 35.7 Å². The van der Waals surface area contributed by atoms with Crippen molar-refractivity contribution < 1.29 is 33.8 Å². The summed E-state index contributed by atoms with van der Waals surface area (Å²) in [4.78, 5) is 61.2. The van der Waals surface area contributed by atoms with E-state index in [-0.39, 0.29) is 32.0 Å². The normalized spacial score (nSPS) is 11.7. The number of hydrogen-bond acceptors (Lipinski definition) is 7. The summed E-state index contributed by atoms with van der Waals surface area (Å²) in [6, 6.07) is 15.5. The number of guanidine groups is 1. The summed E-state index contributed by atoms with van der Waals surface area (Å²) in [5.74, 6) is -3.58. The van der Waals surface area contributed by atoms with Crippen LogP contribution in [0.4, 0.5) is 4.79 Å². The maximum absolute atomic E-state index is 12.9. The van der Waals surface area contributed by atoms with Crippen LogP contribution in [-0.4, -0.2) is 72.6 Å². The first-order valence-corrected chi connectivity index (χ1v) is 12.8. The number of alkyl carbamates (subject to hydrolysis) is 1. The molecule has 14 heteroatoms. The molecule has 2 unspecified atom stereocenters. The Hall–Kier alpha value is -5.14. The second kappa shape index (κ2) is 17.4. The average molecular weight is 570 g/mol. The number of carbonyl (C=O) groups excluding carboxylic acids is 4. The molecular weight excluding hydrogens is 534 g/mol. The molecule has 0 saturated heterocycles. The van der Waals surface area contributed by atoms with E-state index in [1.165, 1.54) is 0 Å². The molecule has 0 heterocycles. The summed E-state index contributed by atoms with van der Waals surface area (Å²) in [5.41, 5.74) is 6.69. The molecule has 0 aliphatic rings. The number of carboxylic acid groups (broad SMARTS) is 1. The van der Waals surface area contributed by atoms with E-state index in [0.717, 1.165) is 11.1 Å². The van der Waals surface area contributed by atoms with E-state index >= 15 is 0 Å². The van der Waals surface area contributed by atoms with Crippen molar-refractivity contribution in [3.8, 4) is 0 Å². The fraction of sp³-hybridized carbons (Fsp3) is 0.333. The fourth-order valence-electron chi connectivity index (χ4n) is 3.55. The molecule has 2 rings (SSSR count). The third kappa shape index (κ3) is 13.5. The fourth-order valence-corrected chi connectivity index (χ4v) is 3.55. The van der Waals surface area contributed by atoms with Gasteiger partial charge >= 0.3 is 12.1 Å². The number of ether oxygens (including phenoxy) is 1. The minimum atomic E-state index is -1.25. The van der Waals surface area contributed by atoms with Crippen LogP contribution in [0, 0.1) is 5.41 Å². The van der Waals surface area contributed by atoms with Gasteiger partial charge in [-0.25, -0.2) is 9.59 Å². The highest BCUT2D eigenvalue weighted by molar-refractivity contribution is 5.92. The third-order valence-corrected chi connectivity index (χ3v) is 5.58. The van der Waals surface area contributed by atoms with Gasteiger partial charge in [-0.15, -0.1) is 0 Å². The monoisotopic (exact) mass is 569 g/mol. The number of hydrogen-bond donors (Lipinski definition) is 8. The lowest BCUT2D eigenvalue weighted by atomic mass is 10.1. The summed E-state index contributed by atoms with van der Waals surface area (Å²) in [5, 5.41) is 28.6. The van der Waals surface area contributed by atoms with Crippen molar-refractivity contribution in [1.82, 2.24) is 26.6 Å². The number of amides is 4. The predicted molar refractivity (Wildman–Crippen MR) is 148 cm³/mol. The maximum atomic E-state index is 12.9. The molecule has 0 saturated carbocycles. The van der Waals surface area contributed by atoms with Gasteiger partial charge in [-0.2, -0.15) is 0 Å². The molecule has 0 aliphatic heterocycles. The Balaban J connectivity index is 1.88. The summed E-state index contributed by atoms with van der Waals surface area (Å²) in [7, 11) is 0. The first-order chi connectivity index (χ1) is 19.6. The Morgan fingerprint density at radius 1 is 0.805 bits per heavy atom. The minimum Gasteiger partial charge on any atom is -0.480 e. The van der Waals surface area contributed by atoms with E-state index < -0.39 is 55.0 Å². The van der Waals surface area contributed by atoms with E-state index in [0.29, 0.717) is 6.42 Å². The van der Waals surface area contributed by atoms with Crippen LogP contribution in [0.2, 0.25) is 0 Å². The molecule has 0 radical (unpaired) electrons. The molecule has 0 aromatic heterocycles. The summed E-state index contributed by atoms with van der Waals surface area (Å²) < 4.78 is 5.07. The van der Waals surface area contributed by atoms with Crippen LogP contribution >= 0.6 is 0 Å². The van der Waals surface area contributed by atoms with Gasteiger partial charge < -0.3 is 42.2 Å². The van der Waals surface area contributed by atoms with E-state index in [1.807, 2.05) is 6.07 Å². The van der Waals surface area contributed by atoms with E-state index in [9.17, 15) is 29.1 Å². The highest BCUT2D eigenvalue weighted by atomic mass is 16.5. The van der Waals surface area contributed by atoms with E-state index in [4.69, 9.17) is 15.9 Å². The lowest BCUT2D eigenvalue weighted by molar-refractivity contribution is -0.142. The topological polar surface area (TPSA) is 225 Å². The zero-order valence-electron chi connectivity index (χ0n) is 22.4. The molecule has 14 nitrogen and oxygen atoms in total. The zero-order chi connectivity index (χ0) is 30.0. The van der Waals surface area contributed by atoms with Gasteiger partial charge in [-0.3, -0.25) is 19.8 Å². The lowest BCUT2D eigenvalue weighted by Gasteiger charge is -2.19. The molecule has 0 bridgehead atoms. The van der Waals surface area contributed by atoms with Crippen LogP contribution in [0.15, 0.2) is 60.7 Å². The van der Waals surface area contributed by atoms with Crippen molar-refractivity contribution in [2.45, 2.75) is 38.0 Å². The van der Waals surface area contributed by atoms with Crippen LogP contribution in [0.3, 0.4) is 0 Å². The van der Waals surface area contributed by atoms with Crippen LogP contribution in [-0.2, 0) is 36.9 Å². The average Bonchev–Trinajstić information content (AvgIpc) is 2.95. The Morgan fingerprint density at radius 3 is 1.95 bits per heavy atom. The van der Waals surface area contributed by atoms with Gasteiger partial charge in [0.2, 0.25) is 17.7 Å². The highest BCUT2D eigenvalue weighted by Crippen LogP contribution is 2.04. The first-order valence-electron chi connectivity index (χ1n) is 12.8. The van der Waals surface area contributed by atoms with Crippen molar-refractivity contribution in [2.24, 2.45) is 5.73 Å². The molecular formula is C27H35N7O7. The Morgan fingerprint density at radius 2 is 1.37 bits per heavy atom. The Bertz CT molecular complexity index is 1180. The smallest absolute Gasteiger partial charge is 0.407 e. The summed E-state index contributed by atoms with van der Waals surface area (Å²) >= 11 is 0. The molecule has 9 N–H and O–H groups in total. The van der Waals surface area contributed by atoms with Crippen molar-refractivity contribution in [1.29, 1.82) is 5.41 Å². The number of carboxylic acids is 1. The van der Waals surface area contributed by atoms with Crippen LogP contribution in [0.1, 0.15) is 24.0 Å². The number of rotatable bonds is 16. The van der Waals surface area contributed by atoms with Gasteiger partial charge in [0.15, 0.2) is 5.96 Å².